The molecule has 0 saturated carbocycles. The van der Waals surface area contributed by atoms with E-state index in [-0.39, 0.29) is 18.0 Å². The minimum absolute atomic E-state index is 0.182. The lowest BCUT2D eigenvalue weighted by Crippen LogP contribution is -2.33. The van der Waals surface area contributed by atoms with E-state index in [0.717, 1.165) is 5.56 Å². The molecule has 5 rings (SSSR count). The number of hydrogen-bond donors (Lipinski definition) is 2. The molecule has 4 aromatic rings. The number of aromatic nitrogens is 4. The zero-order valence-corrected chi connectivity index (χ0v) is 16.2. The Labute approximate surface area is 175 Å². The van der Waals surface area contributed by atoms with Crippen LogP contribution in [0, 0.1) is 0 Å². The summed E-state index contributed by atoms with van der Waals surface area (Å²) in [6.45, 7) is 3.78. The Morgan fingerprint density at radius 3 is 2.61 bits per heavy atom. The number of aromatic amines is 1. The van der Waals surface area contributed by atoms with Crippen LogP contribution in [0.3, 0.4) is 0 Å². The summed E-state index contributed by atoms with van der Waals surface area (Å²) in [6.07, 6.45) is 2.72. The zero-order valence-electron chi connectivity index (χ0n) is 16.2. The van der Waals surface area contributed by atoms with Crippen molar-refractivity contribution in [3.8, 4) is 5.69 Å². The number of para-hydroxylation sites is 2. The highest BCUT2D eigenvalue weighted by Gasteiger charge is 2.32. The van der Waals surface area contributed by atoms with Crippen LogP contribution in [-0.4, -0.2) is 43.0 Å². The Bertz CT molecular complexity index is 1400. The number of H-pyrrole nitrogens is 1. The molecule has 0 saturated heterocycles. The van der Waals surface area contributed by atoms with Crippen LogP contribution >= 0.6 is 0 Å². The summed E-state index contributed by atoms with van der Waals surface area (Å²) in [5.41, 5.74) is 2.81. The van der Waals surface area contributed by atoms with E-state index in [4.69, 9.17) is 0 Å². The van der Waals surface area contributed by atoms with Crippen LogP contribution in [0.2, 0.25) is 0 Å². The second-order valence-corrected chi connectivity index (χ2v) is 6.97. The lowest BCUT2D eigenvalue weighted by Gasteiger charge is -2.18. The van der Waals surface area contributed by atoms with Gasteiger partial charge in [0.25, 0.3) is 11.5 Å². The van der Waals surface area contributed by atoms with Crippen molar-refractivity contribution >= 4 is 34.2 Å². The quantitative estimate of drug-likeness (QED) is 0.533. The molecule has 9 heteroatoms. The maximum absolute atomic E-state index is 12.8. The molecule has 9 nitrogen and oxygen atoms in total. The average molecular weight is 412 g/mol. The highest BCUT2D eigenvalue weighted by Crippen LogP contribution is 2.31. The largest absolute Gasteiger partial charge is 0.323 e. The van der Waals surface area contributed by atoms with Crippen LogP contribution in [0.5, 0.6) is 0 Å². The van der Waals surface area contributed by atoms with E-state index in [1.807, 2.05) is 6.07 Å². The van der Waals surface area contributed by atoms with Gasteiger partial charge in [0.05, 0.1) is 23.9 Å². The van der Waals surface area contributed by atoms with Gasteiger partial charge in [-0.05, 0) is 18.2 Å². The molecule has 0 fully saturated rings. The van der Waals surface area contributed by atoms with Gasteiger partial charge in [0, 0.05) is 16.8 Å². The van der Waals surface area contributed by atoms with Crippen LogP contribution in [0.4, 0.5) is 5.69 Å². The van der Waals surface area contributed by atoms with E-state index in [1.54, 1.807) is 42.5 Å². The third kappa shape index (κ3) is 2.99. The number of amides is 2. The lowest BCUT2D eigenvalue weighted by atomic mass is 10.1. The van der Waals surface area contributed by atoms with Crippen LogP contribution in [0.15, 0.2) is 72.4 Å². The van der Waals surface area contributed by atoms with Crippen LogP contribution in [0.25, 0.3) is 22.4 Å². The molecular weight excluding hydrogens is 396 g/mol. The predicted octanol–water partition coefficient (Wildman–Crippen LogP) is 2.17. The Morgan fingerprint density at radius 1 is 1.06 bits per heavy atom. The van der Waals surface area contributed by atoms with Crippen molar-refractivity contribution in [3.63, 3.8) is 0 Å². The Kier molecular flexibility index (Phi) is 4.21. The number of carbonyl (C=O) groups is 2. The van der Waals surface area contributed by atoms with E-state index < -0.39 is 5.91 Å². The number of anilines is 1. The molecule has 0 bridgehead atoms. The third-order valence-corrected chi connectivity index (χ3v) is 5.12. The van der Waals surface area contributed by atoms with Gasteiger partial charge in [0.1, 0.15) is 11.9 Å². The summed E-state index contributed by atoms with van der Waals surface area (Å²) < 4.78 is 1.48. The number of nitrogens with one attached hydrogen (secondary N) is 2. The summed E-state index contributed by atoms with van der Waals surface area (Å²) in [7, 11) is 0. The number of rotatable bonds is 4. The maximum atomic E-state index is 12.8. The van der Waals surface area contributed by atoms with Crippen molar-refractivity contribution in [1.82, 2.24) is 24.6 Å². The van der Waals surface area contributed by atoms with Crippen molar-refractivity contribution < 1.29 is 9.59 Å². The molecule has 2 N–H and O–H groups in total. The number of benzene rings is 2. The molecule has 1 aliphatic heterocycles. The van der Waals surface area contributed by atoms with Gasteiger partial charge in [-0.1, -0.05) is 36.9 Å². The van der Waals surface area contributed by atoms with E-state index in [9.17, 15) is 14.4 Å². The second-order valence-electron chi connectivity index (χ2n) is 6.97. The average Bonchev–Trinajstić information content (AvgIpc) is 3.31. The van der Waals surface area contributed by atoms with Gasteiger partial charge in [-0.2, -0.15) is 5.10 Å². The smallest absolute Gasteiger partial charge is 0.261 e. The topological polar surface area (TPSA) is 113 Å². The number of fused-ring (bicyclic) bond motifs is 2. The molecule has 3 heterocycles. The molecule has 1 aliphatic rings. The fraction of sp³-hybridized carbons (Fsp3) is 0.0455. The molecule has 2 amide bonds. The Balaban J connectivity index is 1.42. The first kappa shape index (κ1) is 18.5. The van der Waals surface area contributed by atoms with Crippen LogP contribution in [-0.2, 0) is 4.79 Å². The van der Waals surface area contributed by atoms with E-state index >= 15 is 0 Å². The van der Waals surface area contributed by atoms with Crippen LogP contribution in [0.1, 0.15) is 15.9 Å². The second kappa shape index (κ2) is 7.06. The first-order valence-corrected chi connectivity index (χ1v) is 9.45. The summed E-state index contributed by atoms with van der Waals surface area (Å²) in [4.78, 5) is 45.5. The molecule has 2 aromatic carbocycles. The SMILES string of the molecule is C=C1c2ccccc2C(=O)N1CC(=O)Nc1ccccc1-n1ncc2c(=O)[nH]cnc21. The monoisotopic (exact) mass is 412 g/mol. The summed E-state index contributed by atoms with van der Waals surface area (Å²) in [5, 5.41) is 7.41. The van der Waals surface area contributed by atoms with Gasteiger partial charge in [0.2, 0.25) is 5.91 Å². The first-order valence-electron chi connectivity index (χ1n) is 9.45. The molecule has 0 radical (unpaired) electrons. The zero-order chi connectivity index (χ0) is 21.5. The normalized spacial score (nSPS) is 13.0. The van der Waals surface area contributed by atoms with Crippen molar-refractivity contribution in [2.75, 3.05) is 11.9 Å². The fourth-order valence-corrected chi connectivity index (χ4v) is 3.63. The van der Waals surface area contributed by atoms with Crippen molar-refractivity contribution in [3.05, 3.63) is 89.1 Å². The molecule has 2 aromatic heterocycles. The lowest BCUT2D eigenvalue weighted by molar-refractivity contribution is -0.116. The van der Waals surface area contributed by atoms with E-state index in [0.29, 0.717) is 33.7 Å². The molecule has 0 unspecified atom stereocenters. The molecular formula is C22H16N6O3. The van der Waals surface area contributed by atoms with E-state index in [1.165, 1.54) is 22.1 Å². The van der Waals surface area contributed by atoms with Gasteiger partial charge >= 0.3 is 0 Å². The van der Waals surface area contributed by atoms with Gasteiger partial charge < -0.3 is 10.3 Å². The highest BCUT2D eigenvalue weighted by molar-refractivity contribution is 6.11. The van der Waals surface area contributed by atoms with Gasteiger partial charge in [0.15, 0.2) is 5.65 Å². The molecule has 31 heavy (non-hydrogen) atoms. The van der Waals surface area contributed by atoms with E-state index in [2.05, 4.69) is 27.0 Å². The first-order chi connectivity index (χ1) is 15.0. The summed E-state index contributed by atoms with van der Waals surface area (Å²) in [5.74, 6) is -0.650. The molecule has 0 atom stereocenters. The van der Waals surface area contributed by atoms with Gasteiger partial charge in [-0.25, -0.2) is 9.67 Å². The Hall–Kier alpha value is -4.53. The molecule has 152 valence electrons. The highest BCUT2D eigenvalue weighted by atomic mass is 16.2. The number of carbonyl (C=O) groups excluding carboxylic acids is 2. The number of hydrogen-bond acceptors (Lipinski definition) is 5. The summed E-state index contributed by atoms with van der Waals surface area (Å²) >= 11 is 0. The molecule has 0 aliphatic carbocycles. The standard InChI is InChI=1S/C22H16N6O3/c1-13-14-6-2-3-7-15(14)22(31)27(13)11-19(29)26-17-8-4-5-9-18(17)28-20-16(10-25-28)21(30)24-12-23-20/h2-10,12H,1,11H2,(H,26,29)(H,23,24,30). The fourth-order valence-electron chi connectivity index (χ4n) is 3.63. The minimum atomic E-state index is -0.392. The van der Waals surface area contributed by atoms with Crippen molar-refractivity contribution in [2.24, 2.45) is 0 Å². The van der Waals surface area contributed by atoms with Gasteiger partial charge in [-0.15, -0.1) is 0 Å². The predicted molar refractivity (Wildman–Crippen MR) is 115 cm³/mol. The Morgan fingerprint density at radius 2 is 1.81 bits per heavy atom. The summed E-state index contributed by atoms with van der Waals surface area (Å²) in [6, 6.07) is 14.1. The van der Waals surface area contributed by atoms with Crippen LogP contribution < -0.4 is 10.9 Å². The minimum Gasteiger partial charge on any atom is -0.323 e. The maximum Gasteiger partial charge on any atom is 0.261 e. The molecule has 0 spiro atoms. The van der Waals surface area contributed by atoms with Crippen molar-refractivity contribution in [2.45, 2.75) is 0 Å². The van der Waals surface area contributed by atoms with Crippen molar-refractivity contribution in [1.29, 1.82) is 0 Å². The number of nitrogens with zero attached hydrogens (tertiary/aromatic N) is 4. The third-order valence-electron chi connectivity index (χ3n) is 5.12. The van der Waals surface area contributed by atoms with Gasteiger partial charge in [-0.3, -0.25) is 19.3 Å².